The van der Waals surface area contributed by atoms with E-state index < -0.39 is 23.0 Å². The van der Waals surface area contributed by atoms with E-state index in [1.807, 2.05) is 10.6 Å². The normalized spacial score (nSPS) is 19.4. The van der Waals surface area contributed by atoms with Gasteiger partial charge in [-0.15, -0.1) is 0 Å². The first-order valence-electron chi connectivity index (χ1n) is 12.6. The maximum Gasteiger partial charge on any atom is 0.250 e. The number of likely N-dealkylation sites (tertiary alicyclic amines) is 1. The predicted octanol–water partition coefficient (Wildman–Crippen LogP) is 2.15. The number of hydrogen-bond donors (Lipinski definition) is 2. The number of hydrogen-bond acceptors (Lipinski definition) is 8. The average molecular weight is 522 g/mol. The quantitative estimate of drug-likeness (QED) is 0.460. The van der Waals surface area contributed by atoms with Crippen LogP contribution in [0.1, 0.15) is 47.5 Å². The van der Waals surface area contributed by atoms with Gasteiger partial charge in [0.05, 0.1) is 26.7 Å². The lowest BCUT2D eigenvalue weighted by atomic mass is 9.83. The van der Waals surface area contributed by atoms with Crippen LogP contribution in [0.25, 0.3) is 0 Å². The molecule has 0 radical (unpaired) electrons. The van der Waals surface area contributed by atoms with Crippen LogP contribution in [-0.2, 0) is 17.9 Å². The summed E-state index contributed by atoms with van der Waals surface area (Å²) in [6.07, 6.45) is 0.819. The predicted molar refractivity (Wildman–Crippen MR) is 139 cm³/mol. The molecule has 200 valence electrons. The fourth-order valence-corrected chi connectivity index (χ4v) is 5.85. The van der Waals surface area contributed by atoms with E-state index in [0.717, 1.165) is 18.7 Å². The Bertz CT molecular complexity index is 1480. The molecule has 3 aromatic rings. The highest BCUT2D eigenvalue weighted by molar-refractivity contribution is 5.75. The third-order valence-electron chi connectivity index (χ3n) is 7.47. The van der Waals surface area contributed by atoms with E-state index in [1.165, 1.54) is 20.3 Å². The Kier molecular flexibility index (Phi) is 6.98. The molecule has 2 aliphatic heterocycles. The maximum atomic E-state index is 12.8. The van der Waals surface area contributed by atoms with Gasteiger partial charge in [0.2, 0.25) is 17.1 Å². The molecule has 10 heteroatoms. The standard InChI is InChI=1S/C28H31N3O7/c1-36-23-7-6-17(9-24(23)37-2)20(11-25(29)33)28-27(35)22(32)10-19(38-28)15-30-12-16-8-18(14-30)21-4-3-5-26(34)31(21)13-16/h3-7,9-10,16,18,20,35H,8,11-15H2,1-2H3,(H2,29,33)/t16-,18+,20-/m1/s1. The van der Waals surface area contributed by atoms with Gasteiger partial charge >= 0.3 is 0 Å². The van der Waals surface area contributed by atoms with Crippen LogP contribution in [0, 0.1) is 5.92 Å². The van der Waals surface area contributed by atoms with E-state index in [1.54, 1.807) is 30.3 Å². The van der Waals surface area contributed by atoms with Crippen LogP contribution in [0.3, 0.4) is 0 Å². The third-order valence-corrected chi connectivity index (χ3v) is 7.47. The fraction of sp³-hybridized carbons (Fsp3) is 0.393. The topological polar surface area (TPSA) is 137 Å². The molecule has 2 bridgehead atoms. The molecule has 1 amide bonds. The molecular formula is C28H31N3O7. The Balaban J connectivity index is 1.46. The summed E-state index contributed by atoms with van der Waals surface area (Å²) in [5.74, 6) is -0.193. The second kappa shape index (κ2) is 10.4. The highest BCUT2D eigenvalue weighted by Crippen LogP contribution is 2.39. The lowest BCUT2D eigenvalue weighted by Gasteiger charge is -2.42. The van der Waals surface area contributed by atoms with Crippen molar-refractivity contribution in [2.24, 2.45) is 11.7 Å². The SMILES string of the molecule is COc1ccc([C@@H](CC(N)=O)c2oc(CN3C[C@H]4C[C@@H](C3)c3cccc(=O)n3C4)cc(=O)c2O)cc1OC. The van der Waals surface area contributed by atoms with Crippen LogP contribution < -0.4 is 26.2 Å². The number of aromatic nitrogens is 1. The molecule has 2 aromatic heterocycles. The van der Waals surface area contributed by atoms with E-state index in [-0.39, 0.29) is 23.7 Å². The number of carbonyl (C=O) groups is 1. The molecule has 1 fully saturated rings. The van der Waals surface area contributed by atoms with Gasteiger partial charge < -0.3 is 29.3 Å². The van der Waals surface area contributed by atoms with E-state index >= 15 is 0 Å². The van der Waals surface area contributed by atoms with Crippen LogP contribution >= 0.6 is 0 Å². The number of piperidine rings is 1. The number of amides is 1. The lowest BCUT2D eigenvalue weighted by Crippen LogP contribution is -2.46. The van der Waals surface area contributed by atoms with Crippen molar-refractivity contribution in [2.45, 2.75) is 37.8 Å². The van der Waals surface area contributed by atoms with Crippen molar-refractivity contribution in [3.63, 3.8) is 0 Å². The number of carbonyl (C=O) groups excluding carboxylic acids is 1. The summed E-state index contributed by atoms with van der Waals surface area (Å²) in [7, 11) is 3.00. The summed E-state index contributed by atoms with van der Waals surface area (Å²) < 4.78 is 18.7. The zero-order chi connectivity index (χ0) is 27.0. The van der Waals surface area contributed by atoms with Crippen LogP contribution in [0.15, 0.2) is 56.5 Å². The van der Waals surface area contributed by atoms with Crippen molar-refractivity contribution >= 4 is 5.91 Å². The molecule has 0 unspecified atom stereocenters. The first-order valence-corrected chi connectivity index (χ1v) is 12.6. The molecule has 38 heavy (non-hydrogen) atoms. The summed E-state index contributed by atoms with van der Waals surface area (Å²) in [6, 6.07) is 11.7. The first-order chi connectivity index (χ1) is 18.3. The highest BCUT2D eigenvalue weighted by atomic mass is 16.5. The zero-order valence-corrected chi connectivity index (χ0v) is 21.4. The Labute approximate surface area is 219 Å². The number of methoxy groups -OCH3 is 2. The third kappa shape index (κ3) is 4.91. The van der Waals surface area contributed by atoms with E-state index in [2.05, 4.69) is 4.90 Å². The summed E-state index contributed by atoms with van der Waals surface area (Å²) in [4.78, 5) is 39.4. The summed E-state index contributed by atoms with van der Waals surface area (Å²) >= 11 is 0. The second-order valence-corrected chi connectivity index (χ2v) is 10.0. The molecule has 3 N–H and O–H groups in total. The number of pyridine rings is 1. The van der Waals surface area contributed by atoms with Crippen molar-refractivity contribution in [3.05, 3.63) is 85.8 Å². The number of benzene rings is 1. The summed E-state index contributed by atoms with van der Waals surface area (Å²) in [5, 5.41) is 10.7. The van der Waals surface area contributed by atoms with Crippen molar-refractivity contribution in [3.8, 4) is 17.2 Å². The molecule has 1 aromatic carbocycles. The fourth-order valence-electron chi connectivity index (χ4n) is 5.85. The molecule has 0 spiro atoms. The smallest absolute Gasteiger partial charge is 0.250 e. The minimum Gasteiger partial charge on any atom is -0.502 e. The number of fused-ring (bicyclic) bond motifs is 4. The summed E-state index contributed by atoms with van der Waals surface area (Å²) in [5.41, 5.74) is 6.58. The molecule has 5 rings (SSSR count). The monoisotopic (exact) mass is 521 g/mol. The molecule has 10 nitrogen and oxygen atoms in total. The Morgan fingerprint density at radius 1 is 1.11 bits per heavy atom. The number of primary amides is 1. The minimum atomic E-state index is -0.806. The molecule has 3 atom stereocenters. The van der Waals surface area contributed by atoms with Crippen LogP contribution in [0.2, 0.25) is 0 Å². The van der Waals surface area contributed by atoms with Gasteiger partial charge in [0.25, 0.3) is 5.56 Å². The van der Waals surface area contributed by atoms with Gasteiger partial charge in [0, 0.05) is 49.8 Å². The Morgan fingerprint density at radius 2 is 1.89 bits per heavy atom. The Hall–Kier alpha value is -4.05. The Morgan fingerprint density at radius 3 is 2.63 bits per heavy atom. The number of ether oxygens (including phenoxy) is 2. The van der Waals surface area contributed by atoms with Crippen molar-refractivity contribution in [2.75, 3.05) is 27.3 Å². The van der Waals surface area contributed by atoms with Gasteiger partial charge in [-0.05, 0) is 36.1 Å². The lowest BCUT2D eigenvalue weighted by molar-refractivity contribution is -0.118. The van der Waals surface area contributed by atoms with Crippen molar-refractivity contribution in [1.82, 2.24) is 9.47 Å². The van der Waals surface area contributed by atoms with Crippen molar-refractivity contribution < 1.29 is 23.8 Å². The molecule has 0 aliphatic carbocycles. The first kappa shape index (κ1) is 25.6. The van der Waals surface area contributed by atoms with Crippen molar-refractivity contribution in [1.29, 1.82) is 0 Å². The number of nitrogens with zero attached hydrogens (tertiary/aromatic N) is 2. The molecule has 2 aliphatic rings. The van der Waals surface area contributed by atoms with Gasteiger partial charge in [0.1, 0.15) is 5.76 Å². The van der Waals surface area contributed by atoms with Gasteiger partial charge in [-0.3, -0.25) is 19.3 Å². The van der Waals surface area contributed by atoms with E-state index in [0.29, 0.717) is 48.4 Å². The largest absolute Gasteiger partial charge is 0.502 e. The number of rotatable bonds is 8. The molecule has 1 saturated heterocycles. The van der Waals surface area contributed by atoms with E-state index in [9.17, 15) is 19.5 Å². The maximum absolute atomic E-state index is 12.8. The van der Waals surface area contributed by atoms with Crippen LogP contribution in [-0.4, -0.2) is 47.8 Å². The molecular weight excluding hydrogens is 490 g/mol. The molecule has 4 heterocycles. The molecule has 0 saturated carbocycles. The second-order valence-electron chi connectivity index (χ2n) is 10.0. The van der Waals surface area contributed by atoms with Gasteiger partial charge in [-0.25, -0.2) is 0 Å². The average Bonchev–Trinajstić information content (AvgIpc) is 2.89. The van der Waals surface area contributed by atoms with Gasteiger partial charge in [-0.2, -0.15) is 0 Å². The van der Waals surface area contributed by atoms with Gasteiger partial charge in [-0.1, -0.05) is 12.1 Å². The minimum absolute atomic E-state index is 0.0207. The van der Waals surface area contributed by atoms with E-state index in [4.69, 9.17) is 19.6 Å². The van der Waals surface area contributed by atoms with Gasteiger partial charge in [0.15, 0.2) is 17.3 Å². The van der Waals surface area contributed by atoms with Crippen LogP contribution in [0.4, 0.5) is 0 Å². The number of aromatic hydroxyl groups is 1. The van der Waals surface area contributed by atoms with Crippen LogP contribution in [0.5, 0.6) is 17.2 Å². The zero-order valence-electron chi connectivity index (χ0n) is 21.4. The number of nitrogens with two attached hydrogens (primary N) is 1. The highest BCUT2D eigenvalue weighted by Gasteiger charge is 2.35. The summed E-state index contributed by atoms with van der Waals surface area (Å²) in [6.45, 7) is 2.46.